The number of thiol groups is 1. The molecule has 0 rings (SSSR count). The maximum absolute atomic E-state index is 9.49. The van der Waals surface area contributed by atoms with Gasteiger partial charge in [0.05, 0.1) is 0 Å². The molecule has 3 amide bonds. The lowest BCUT2D eigenvalue weighted by Crippen LogP contribution is -2.18. The van der Waals surface area contributed by atoms with E-state index in [4.69, 9.17) is 9.59 Å². The average molecular weight is 255 g/mol. The largest absolute Gasteiger partial charge is 0.431 e. The molecule has 0 radical (unpaired) electrons. The van der Waals surface area contributed by atoms with E-state index in [9.17, 15) is 9.59 Å². The topological polar surface area (TPSA) is 203 Å². The van der Waals surface area contributed by atoms with Crippen LogP contribution in [0.5, 0.6) is 0 Å². The Labute approximate surface area is 94.0 Å². The smallest absolute Gasteiger partial charge is 0.365 e. The van der Waals surface area contributed by atoms with Gasteiger partial charge in [0.1, 0.15) is 0 Å². The Morgan fingerprint density at radius 2 is 1.50 bits per heavy atom. The highest BCUT2D eigenvalue weighted by Crippen LogP contribution is 1.74. The fourth-order valence-corrected chi connectivity index (χ4v) is 0.0636. The van der Waals surface area contributed by atoms with E-state index in [1.54, 1.807) is 0 Å². The molecule has 0 aliphatic rings. The number of hydrogen-bond donors (Lipinski definition) is 5. The van der Waals surface area contributed by atoms with Crippen LogP contribution in [0.2, 0.25) is 0 Å². The molecule has 0 saturated heterocycles. The predicted molar refractivity (Wildman–Crippen MR) is 52.2 cm³/mol. The standard InChI is InChI=1S/C2H2N2O3.CH4N2O.CH3NO2S/c3-2(6)7-4-1-5;2-1(3)4;2-4-1(3)5/h(H2,3,6);(H4,2,3,4);2H2,(H,3,5). The normalized spacial score (nSPS) is 6.38. The van der Waals surface area contributed by atoms with Crippen LogP contribution in [0.15, 0.2) is 5.16 Å². The number of hydrogen-bond acceptors (Lipinski definition) is 8. The second kappa shape index (κ2) is 15.2. The molecule has 0 spiro atoms. The van der Waals surface area contributed by atoms with Crippen LogP contribution in [0.1, 0.15) is 0 Å². The molecule has 8 N–H and O–H groups in total. The van der Waals surface area contributed by atoms with Crippen molar-refractivity contribution in [1.82, 2.24) is 0 Å². The third-order valence-electron chi connectivity index (χ3n) is 0.274. The third kappa shape index (κ3) is 97.8. The summed E-state index contributed by atoms with van der Waals surface area (Å²) in [6.07, 6.45) is -0.171. The van der Waals surface area contributed by atoms with Crippen LogP contribution in [0.4, 0.5) is 14.4 Å². The first-order valence-electron chi connectivity index (χ1n) is 2.96. The fraction of sp³-hybridized carbons (Fsp3) is 0. The van der Waals surface area contributed by atoms with Gasteiger partial charge in [-0.2, -0.15) is 5.90 Å². The zero-order chi connectivity index (χ0) is 13.6. The van der Waals surface area contributed by atoms with Crippen LogP contribution < -0.4 is 23.1 Å². The first kappa shape index (κ1) is 19.3. The van der Waals surface area contributed by atoms with Crippen molar-refractivity contribution in [3.05, 3.63) is 0 Å². The van der Waals surface area contributed by atoms with Crippen LogP contribution in [0, 0.1) is 0 Å². The van der Waals surface area contributed by atoms with Crippen molar-refractivity contribution in [3.8, 4) is 0 Å². The van der Waals surface area contributed by atoms with Crippen molar-refractivity contribution in [2.75, 3.05) is 0 Å². The maximum atomic E-state index is 9.49. The van der Waals surface area contributed by atoms with Crippen molar-refractivity contribution in [1.29, 1.82) is 0 Å². The molecule has 92 valence electrons. The Morgan fingerprint density at radius 1 is 1.19 bits per heavy atom. The highest BCUT2D eigenvalue weighted by molar-refractivity contribution is 7.96. The average Bonchev–Trinajstić information content (AvgIpc) is 2.14. The highest BCUT2D eigenvalue weighted by Gasteiger charge is 1.84. The SMILES string of the molecule is NC(=O)ON=C=O.NC(N)=O.NOC(=O)S. The van der Waals surface area contributed by atoms with Gasteiger partial charge in [0, 0.05) is 5.16 Å². The lowest BCUT2D eigenvalue weighted by Gasteiger charge is -1.78. The van der Waals surface area contributed by atoms with Crippen molar-refractivity contribution in [2.24, 2.45) is 28.3 Å². The van der Waals surface area contributed by atoms with Gasteiger partial charge in [-0.15, -0.1) is 0 Å². The van der Waals surface area contributed by atoms with Crippen LogP contribution >= 0.6 is 12.6 Å². The minimum Gasteiger partial charge on any atom is -0.365 e. The van der Waals surface area contributed by atoms with E-state index in [-0.39, 0.29) is 0 Å². The summed E-state index contributed by atoms with van der Waals surface area (Å²) in [5.41, 5.74) is 12.8. The number of carbonyl (C=O) groups excluding carboxylic acids is 4. The predicted octanol–water partition coefficient (Wildman–Crippen LogP) is -1.72. The first-order valence-corrected chi connectivity index (χ1v) is 3.40. The summed E-state index contributed by atoms with van der Waals surface area (Å²) in [7, 11) is 0. The molecular weight excluding hydrogens is 246 g/mol. The summed E-state index contributed by atoms with van der Waals surface area (Å²) in [6.45, 7) is 0. The van der Waals surface area contributed by atoms with Crippen LogP contribution in [-0.4, -0.2) is 23.5 Å². The molecule has 0 aromatic rings. The van der Waals surface area contributed by atoms with Gasteiger partial charge in [-0.05, 0) is 0 Å². The van der Waals surface area contributed by atoms with Gasteiger partial charge in [0.15, 0.2) is 0 Å². The van der Waals surface area contributed by atoms with Gasteiger partial charge >= 0.3 is 17.4 Å². The Kier molecular flexibility index (Phi) is 18.3. The molecule has 0 heterocycles. The minimum atomic E-state index is -1.12. The van der Waals surface area contributed by atoms with E-state index in [0.29, 0.717) is 0 Å². The number of urea groups is 1. The Hall–Kier alpha value is -2.30. The van der Waals surface area contributed by atoms with Gasteiger partial charge in [-0.25, -0.2) is 19.2 Å². The zero-order valence-electron chi connectivity index (χ0n) is 7.65. The van der Waals surface area contributed by atoms with Gasteiger partial charge < -0.3 is 22.0 Å². The van der Waals surface area contributed by atoms with E-state index in [1.807, 2.05) is 0 Å². The quantitative estimate of drug-likeness (QED) is 0.120. The first-order chi connectivity index (χ1) is 7.27. The fourth-order valence-electron chi connectivity index (χ4n) is 0.0636. The number of nitrogens with two attached hydrogens (primary N) is 4. The number of rotatable bonds is 1. The molecule has 0 aliphatic carbocycles. The van der Waals surface area contributed by atoms with E-state index < -0.39 is 17.4 Å². The Morgan fingerprint density at radius 3 is 1.56 bits per heavy atom. The number of primary amides is 3. The lowest BCUT2D eigenvalue weighted by molar-refractivity contribution is 0.161. The molecule has 0 aliphatic heterocycles. The van der Waals surface area contributed by atoms with E-state index in [1.165, 1.54) is 0 Å². The summed E-state index contributed by atoms with van der Waals surface area (Å²) in [4.78, 5) is 43.9. The Bertz CT molecular complexity index is 272. The molecule has 16 heavy (non-hydrogen) atoms. The summed E-state index contributed by atoms with van der Waals surface area (Å²) in [5.74, 6) is 4.25. The van der Waals surface area contributed by atoms with Crippen LogP contribution in [0.3, 0.4) is 0 Å². The highest BCUT2D eigenvalue weighted by atomic mass is 32.1. The second-order valence-corrected chi connectivity index (χ2v) is 1.74. The van der Waals surface area contributed by atoms with Crippen LogP contribution in [-0.2, 0) is 14.5 Å². The zero-order valence-corrected chi connectivity index (χ0v) is 8.55. The summed E-state index contributed by atoms with van der Waals surface area (Å²) >= 11 is 3.11. The van der Waals surface area contributed by atoms with E-state index >= 15 is 0 Å². The molecule has 0 unspecified atom stereocenters. The van der Waals surface area contributed by atoms with Gasteiger partial charge in [0.25, 0.3) is 6.08 Å². The van der Waals surface area contributed by atoms with Gasteiger partial charge in [-0.3, -0.25) is 4.84 Å². The third-order valence-corrected chi connectivity index (χ3v) is 0.379. The molecule has 0 bridgehead atoms. The number of carbonyl (C=O) groups is 3. The van der Waals surface area contributed by atoms with E-state index in [0.717, 1.165) is 6.08 Å². The monoisotopic (exact) mass is 255 g/mol. The van der Waals surface area contributed by atoms with Crippen molar-refractivity contribution in [3.63, 3.8) is 0 Å². The lowest BCUT2D eigenvalue weighted by atomic mass is 11.2. The van der Waals surface area contributed by atoms with Crippen molar-refractivity contribution in [2.45, 2.75) is 0 Å². The molecular formula is C4H9N5O6S. The molecule has 0 atom stereocenters. The van der Waals surface area contributed by atoms with Crippen molar-refractivity contribution < 1.29 is 28.9 Å². The molecule has 0 saturated carbocycles. The number of isocyanates is 1. The molecule has 0 fully saturated rings. The number of nitrogens with zero attached hydrogens (tertiary/aromatic N) is 1. The second-order valence-electron chi connectivity index (χ2n) is 1.38. The molecule has 11 nitrogen and oxygen atoms in total. The summed E-state index contributed by atoms with van der Waals surface area (Å²) in [5, 5.41) is 1.62. The van der Waals surface area contributed by atoms with Gasteiger partial charge in [0.2, 0.25) is 0 Å². The van der Waals surface area contributed by atoms with Gasteiger partial charge in [-0.1, -0.05) is 12.6 Å². The molecule has 0 aromatic heterocycles. The molecule has 0 aromatic carbocycles. The summed E-state index contributed by atoms with van der Waals surface area (Å²) < 4.78 is 0. The number of amides is 3. The maximum Gasteiger partial charge on any atom is 0.431 e. The molecule has 12 heteroatoms. The van der Waals surface area contributed by atoms with Crippen molar-refractivity contribution >= 4 is 36.1 Å². The van der Waals surface area contributed by atoms with Crippen LogP contribution in [0.25, 0.3) is 0 Å². The summed E-state index contributed by atoms with van der Waals surface area (Å²) in [6, 6.07) is -0.833. The Balaban J connectivity index is -0.000000166. The minimum absolute atomic E-state index is 0.773. The van der Waals surface area contributed by atoms with E-state index in [2.05, 4.69) is 50.6 Å².